The number of carbonyl (C=O) groups excluding carboxylic acids is 3. The molecule has 0 radical (unpaired) electrons. The molecule has 0 aromatic carbocycles. The summed E-state index contributed by atoms with van der Waals surface area (Å²) in [5.41, 5.74) is 5.20. The van der Waals surface area contributed by atoms with Crippen molar-refractivity contribution in [3.8, 4) is 0 Å². The van der Waals surface area contributed by atoms with Crippen molar-refractivity contribution in [2.24, 2.45) is 5.11 Å². The van der Waals surface area contributed by atoms with Gasteiger partial charge < -0.3 is 18.9 Å². The SMILES string of the molecule is CC(=O)OCC1(N=[N+]=[N-])OC(n2ccc(=O)[nH]c2=O)C(OC(C)=O)C1OC(C)=O. The predicted octanol–water partition coefficient (Wildman–Crippen LogP) is -0.501. The van der Waals surface area contributed by atoms with Crippen LogP contribution in [0.25, 0.3) is 10.4 Å². The Hall–Kier alpha value is -3.64. The van der Waals surface area contributed by atoms with Gasteiger partial charge in [0, 0.05) is 37.9 Å². The first-order valence-corrected chi connectivity index (χ1v) is 8.13. The van der Waals surface area contributed by atoms with Crippen molar-refractivity contribution in [3.05, 3.63) is 43.5 Å². The molecule has 1 N–H and O–H groups in total. The third-order valence-corrected chi connectivity index (χ3v) is 3.77. The molecule has 1 fully saturated rings. The van der Waals surface area contributed by atoms with Crippen LogP contribution in [0, 0.1) is 0 Å². The number of carbonyl (C=O) groups is 3. The van der Waals surface area contributed by atoms with Gasteiger partial charge in [-0.1, -0.05) is 5.11 Å². The number of ether oxygens (including phenoxy) is 4. The fourth-order valence-corrected chi connectivity index (χ4v) is 2.75. The van der Waals surface area contributed by atoms with Crippen molar-refractivity contribution < 1.29 is 33.3 Å². The van der Waals surface area contributed by atoms with Crippen molar-refractivity contribution >= 4 is 17.9 Å². The Balaban J connectivity index is 2.65. The number of azide groups is 1. The molecule has 1 aliphatic heterocycles. The minimum Gasteiger partial charge on any atom is -0.462 e. The van der Waals surface area contributed by atoms with Crippen LogP contribution >= 0.6 is 0 Å². The molecule has 1 aliphatic rings. The summed E-state index contributed by atoms with van der Waals surface area (Å²) in [7, 11) is 0. The van der Waals surface area contributed by atoms with Gasteiger partial charge in [-0.05, 0) is 5.53 Å². The second kappa shape index (κ2) is 8.58. The van der Waals surface area contributed by atoms with Gasteiger partial charge in [-0.15, -0.1) is 0 Å². The van der Waals surface area contributed by atoms with Crippen LogP contribution < -0.4 is 11.2 Å². The van der Waals surface area contributed by atoms with Crippen molar-refractivity contribution in [2.45, 2.75) is 44.9 Å². The van der Waals surface area contributed by atoms with E-state index in [1.807, 2.05) is 4.98 Å². The number of rotatable bonds is 6. The first kappa shape index (κ1) is 21.7. The zero-order chi connectivity index (χ0) is 21.8. The fraction of sp³-hybridized carbons (Fsp3) is 0.533. The van der Waals surface area contributed by atoms with Gasteiger partial charge in [-0.3, -0.25) is 28.7 Å². The molecule has 1 saturated heterocycles. The van der Waals surface area contributed by atoms with E-state index in [-0.39, 0.29) is 0 Å². The van der Waals surface area contributed by atoms with Crippen LogP contribution in [0.15, 0.2) is 27.0 Å². The Morgan fingerprint density at radius 1 is 1.24 bits per heavy atom. The van der Waals surface area contributed by atoms with E-state index in [2.05, 4.69) is 10.0 Å². The Kier molecular flexibility index (Phi) is 6.41. The second-order valence-electron chi connectivity index (χ2n) is 5.94. The third kappa shape index (κ3) is 4.80. The van der Waals surface area contributed by atoms with Gasteiger partial charge in [0.1, 0.15) is 6.61 Å². The number of aromatic amines is 1. The van der Waals surface area contributed by atoms with Gasteiger partial charge in [0.25, 0.3) is 5.56 Å². The zero-order valence-electron chi connectivity index (χ0n) is 15.6. The van der Waals surface area contributed by atoms with Crippen LogP contribution in [-0.4, -0.2) is 52.0 Å². The molecule has 0 amide bonds. The van der Waals surface area contributed by atoms with Crippen molar-refractivity contribution in [2.75, 3.05) is 6.61 Å². The van der Waals surface area contributed by atoms with Crippen LogP contribution in [0.3, 0.4) is 0 Å². The molecule has 14 nitrogen and oxygen atoms in total. The Morgan fingerprint density at radius 2 is 1.90 bits per heavy atom. The molecule has 2 heterocycles. The average molecular weight is 411 g/mol. The third-order valence-electron chi connectivity index (χ3n) is 3.77. The van der Waals surface area contributed by atoms with E-state index in [1.54, 1.807) is 0 Å². The van der Waals surface area contributed by atoms with Crippen LogP contribution in [0.5, 0.6) is 0 Å². The minimum absolute atomic E-state index is 0.703. The fourth-order valence-electron chi connectivity index (χ4n) is 2.75. The molecule has 29 heavy (non-hydrogen) atoms. The van der Waals surface area contributed by atoms with Crippen LogP contribution in [-0.2, 0) is 33.3 Å². The highest BCUT2D eigenvalue weighted by Gasteiger charge is 2.61. The van der Waals surface area contributed by atoms with Crippen molar-refractivity contribution in [1.82, 2.24) is 9.55 Å². The largest absolute Gasteiger partial charge is 0.462 e. The standard InChI is InChI=1S/C15H17N5O9/c1-7(21)26-6-15(18-19-16)12(28-9(3)23)11(27-8(2)22)13(29-15)20-5-4-10(24)17-14(20)25/h4-5,11-13H,6H2,1-3H3,(H,17,24,25). The van der Waals surface area contributed by atoms with Gasteiger partial charge in [0.15, 0.2) is 18.4 Å². The zero-order valence-corrected chi connectivity index (χ0v) is 15.6. The molecule has 1 aromatic rings. The number of nitrogens with zero attached hydrogens (tertiary/aromatic N) is 4. The van der Waals surface area contributed by atoms with E-state index in [0.29, 0.717) is 0 Å². The maximum absolute atomic E-state index is 12.2. The Bertz CT molecular complexity index is 979. The number of hydrogen-bond donors (Lipinski definition) is 1. The lowest BCUT2D eigenvalue weighted by Gasteiger charge is -2.29. The normalized spacial score (nSPS) is 25.6. The number of aromatic nitrogens is 2. The summed E-state index contributed by atoms with van der Waals surface area (Å²) < 4.78 is 21.7. The highest BCUT2D eigenvalue weighted by Crippen LogP contribution is 2.42. The first-order chi connectivity index (χ1) is 13.6. The number of nitrogens with one attached hydrogen (secondary N) is 1. The van der Waals surface area contributed by atoms with Gasteiger partial charge in [0.05, 0.1) is 0 Å². The van der Waals surface area contributed by atoms with Crippen LogP contribution in [0.1, 0.15) is 27.0 Å². The lowest BCUT2D eigenvalue weighted by Crippen LogP contribution is -2.49. The molecule has 4 unspecified atom stereocenters. The topological polar surface area (TPSA) is 192 Å². The monoisotopic (exact) mass is 411 g/mol. The van der Waals surface area contributed by atoms with Crippen LogP contribution in [0.4, 0.5) is 0 Å². The Labute approximate surface area is 161 Å². The van der Waals surface area contributed by atoms with E-state index < -0.39 is 59.9 Å². The smallest absolute Gasteiger partial charge is 0.330 e. The highest BCUT2D eigenvalue weighted by atomic mass is 16.7. The first-order valence-electron chi connectivity index (χ1n) is 8.13. The minimum atomic E-state index is -2.16. The van der Waals surface area contributed by atoms with Crippen molar-refractivity contribution in [1.29, 1.82) is 0 Å². The molecule has 0 aliphatic carbocycles. The molecule has 0 bridgehead atoms. The summed E-state index contributed by atoms with van der Waals surface area (Å²) in [5, 5.41) is 3.47. The summed E-state index contributed by atoms with van der Waals surface area (Å²) in [6, 6.07) is 0.996. The Morgan fingerprint density at radius 3 is 2.41 bits per heavy atom. The average Bonchev–Trinajstić information content (AvgIpc) is 2.87. The van der Waals surface area contributed by atoms with Gasteiger partial charge in [-0.2, -0.15) is 0 Å². The van der Waals surface area contributed by atoms with E-state index >= 15 is 0 Å². The van der Waals surface area contributed by atoms with E-state index in [9.17, 15) is 24.0 Å². The number of hydrogen-bond acceptors (Lipinski definition) is 10. The van der Waals surface area contributed by atoms with E-state index in [4.69, 9.17) is 24.5 Å². The summed E-state index contributed by atoms with van der Waals surface area (Å²) in [5.74, 6) is -2.45. The lowest BCUT2D eigenvalue weighted by molar-refractivity contribution is -0.176. The molecular weight excluding hydrogens is 394 g/mol. The molecular formula is C15H17N5O9. The quantitative estimate of drug-likeness (QED) is 0.211. The number of H-pyrrole nitrogens is 1. The number of esters is 3. The van der Waals surface area contributed by atoms with Gasteiger partial charge in [-0.25, -0.2) is 4.79 Å². The highest BCUT2D eigenvalue weighted by molar-refractivity contribution is 5.68. The molecule has 2 rings (SSSR count). The van der Waals surface area contributed by atoms with Gasteiger partial charge >= 0.3 is 23.6 Å². The maximum atomic E-state index is 12.2. The van der Waals surface area contributed by atoms with Crippen molar-refractivity contribution in [3.63, 3.8) is 0 Å². The predicted molar refractivity (Wildman–Crippen MR) is 91.1 cm³/mol. The summed E-state index contributed by atoms with van der Waals surface area (Å²) >= 11 is 0. The molecule has 14 heteroatoms. The lowest BCUT2D eigenvalue weighted by atomic mass is 10.0. The molecule has 4 atom stereocenters. The van der Waals surface area contributed by atoms with E-state index in [1.165, 1.54) is 0 Å². The van der Waals surface area contributed by atoms with E-state index in [0.717, 1.165) is 37.6 Å². The summed E-state index contributed by atoms with van der Waals surface area (Å²) in [4.78, 5) is 62.7. The molecule has 0 spiro atoms. The molecule has 1 aromatic heterocycles. The second-order valence-corrected chi connectivity index (χ2v) is 5.94. The summed E-state index contributed by atoms with van der Waals surface area (Å²) in [6.45, 7) is 2.46. The molecule has 156 valence electrons. The van der Waals surface area contributed by atoms with Crippen LogP contribution in [0.2, 0.25) is 0 Å². The molecule has 0 saturated carbocycles. The van der Waals surface area contributed by atoms with Gasteiger partial charge in [0.2, 0.25) is 5.72 Å². The maximum Gasteiger partial charge on any atom is 0.330 e. The summed E-state index contributed by atoms with van der Waals surface area (Å²) in [6.07, 6.45) is -3.51.